The summed E-state index contributed by atoms with van der Waals surface area (Å²) in [6, 6.07) is 5.02. The number of nitrogens with zero attached hydrogens (tertiary/aromatic N) is 2. The first kappa shape index (κ1) is 28.2. The molecule has 200 valence electrons. The zero-order valence-corrected chi connectivity index (χ0v) is 22.4. The number of fused-ring (bicyclic) bond motifs is 1. The first-order valence-electron chi connectivity index (χ1n) is 11.7. The summed E-state index contributed by atoms with van der Waals surface area (Å²) in [5, 5.41) is 5.87. The molecule has 0 unspecified atom stereocenters. The summed E-state index contributed by atoms with van der Waals surface area (Å²) in [6.07, 6.45) is 1.40. The van der Waals surface area contributed by atoms with Gasteiger partial charge in [0.2, 0.25) is 0 Å². The zero-order chi connectivity index (χ0) is 27.5. The molecule has 2 amide bonds. The topological polar surface area (TPSA) is 94.0 Å². The SMILES string of the molecule is Cc1nc2c(OCc3c(F)cccc3F)cc(Cl)cn2c1C(=O)NCCC(C)(C)NC(=O)OC(C)(C)C. The van der Waals surface area contributed by atoms with E-state index in [9.17, 15) is 18.4 Å². The van der Waals surface area contributed by atoms with Gasteiger partial charge in [0.05, 0.1) is 16.3 Å². The third-order valence-corrected chi connectivity index (χ3v) is 5.56. The fraction of sp³-hybridized carbons (Fsp3) is 0.423. The minimum atomic E-state index is -0.735. The number of halogens is 3. The van der Waals surface area contributed by atoms with Gasteiger partial charge in [0.15, 0.2) is 11.4 Å². The van der Waals surface area contributed by atoms with E-state index in [1.54, 1.807) is 27.7 Å². The highest BCUT2D eigenvalue weighted by atomic mass is 35.5. The fourth-order valence-electron chi connectivity index (χ4n) is 3.61. The lowest BCUT2D eigenvalue weighted by Gasteiger charge is -2.28. The Labute approximate surface area is 219 Å². The van der Waals surface area contributed by atoms with Gasteiger partial charge in [-0.15, -0.1) is 0 Å². The first-order chi connectivity index (χ1) is 17.2. The molecule has 0 bridgehead atoms. The van der Waals surface area contributed by atoms with Gasteiger partial charge in [0, 0.05) is 24.3 Å². The number of carbonyl (C=O) groups excluding carboxylic acids is 2. The molecule has 8 nitrogen and oxygen atoms in total. The number of alkyl carbamates (subject to hydrolysis) is 1. The molecule has 0 saturated carbocycles. The van der Waals surface area contributed by atoms with Gasteiger partial charge < -0.3 is 20.1 Å². The summed E-state index contributed by atoms with van der Waals surface area (Å²) < 4.78 is 40.5. The molecular weight excluding hydrogens is 506 g/mol. The van der Waals surface area contributed by atoms with Crippen molar-refractivity contribution in [2.45, 2.75) is 65.7 Å². The number of hydrogen-bond acceptors (Lipinski definition) is 5. The highest BCUT2D eigenvalue weighted by Gasteiger charge is 2.25. The van der Waals surface area contributed by atoms with Crippen molar-refractivity contribution in [3.63, 3.8) is 0 Å². The summed E-state index contributed by atoms with van der Waals surface area (Å²) in [6.45, 7) is 10.5. The second kappa shape index (κ2) is 10.9. The molecule has 0 aliphatic rings. The minimum Gasteiger partial charge on any atom is -0.485 e. The maximum absolute atomic E-state index is 14.0. The van der Waals surface area contributed by atoms with Crippen LogP contribution in [0, 0.1) is 18.6 Å². The van der Waals surface area contributed by atoms with E-state index in [0.717, 1.165) is 12.1 Å². The van der Waals surface area contributed by atoms with E-state index in [1.807, 2.05) is 13.8 Å². The van der Waals surface area contributed by atoms with Crippen LogP contribution in [0.2, 0.25) is 5.02 Å². The van der Waals surface area contributed by atoms with Crippen LogP contribution in [-0.4, -0.2) is 39.1 Å². The predicted molar refractivity (Wildman–Crippen MR) is 136 cm³/mol. The molecule has 3 rings (SSSR count). The molecule has 0 aliphatic heterocycles. The maximum atomic E-state index is 14.0. The Morgan fingerprint density at radius 3 is 2.41 bits per heavy atom. The predicted octanol–water partition coefficient (Wildman–Crippen LogP) is 5.58. The third kappa shape index (κ3) is 7.31. The summed E-state index contributed by atoms with van der Waals surface area (Å²) in [5.41, 5.74) is -0.580. The van der Waals surface area contributed by atoms with Crippen LogP contribution in [0.3, 0.4) is 0 Å². The van der Waals surface area contributed by atoms with Crippen molar-refractivity contribution in [2.24, 2.45) is 0 Å². The van der Waals surface area contributed by atoms with Crippen molar-refractivity contribution in [1.29, 1.82) is 0 Å². The van der Waals surface area contributed by atoms with Crippen LogP contribution in [-0.2, 0) is 11.3 Å². The average Bonchev–Trinajstić information content (AvgIpc) is 3.06. The van der Waals surface area contributed by atoms with E-state index in [2.05, 4.69) is 15.6 Å². The number of benzene rings is 1. The van der Waals surface area contributed by atoms with Crippen LogP contribution in [0.15, 0.2) is 30.5 Å². The second-order valence-corrected chi connectivity index (χ2v) is 10.7. The van der Waals surface area contributed by atoms with Gasteiger partial charge in [0.1, 0.15) is 29.5 Å². The van der Waals surface area contributed by atoms with E-state index in [-0.39, 0.29) is 40.8 Å². The van der Waals surface area contributed by atoms with E-state index in [0.29, 0.717) is 12.1 Å². The number of ether oxygens (including phenoxy) is 2. The third-order valence-electron chi connectivity index (χ3n) is 5.35. The van der Waals surface area contributed by atoms with Gasteiger partial charge in [0.25, 0.3) is 5.91 Å². The number of rotatable bonds is 8. The number of amides is 2. The van der Waals surface area contributed by atoms with Gasteiger partial charge in [-0.25, -0.2) is 18.6 Å². The molecular formula is C26H31ClF2N4O4. The standard InChI is InChI=1S/C26H31ClF2N4O4/c1-15-21(23(34)30-11-10-26(5,6)32-24(35)37-25(2,3)4)33-13-16(27)12-20(22(33)31-15)36-14-17-18(28)8-7-9-19(17)29/h7-9,12-13H,10-11,14H2,1-6H3,(H,30,34)(H,32,35). The van der Waals surface area contributed by atoms with E-state index in [4.69, 9.17) is 21.1 Å². The molecule has 37 heavy (non-hydrogen) atoms. The Morgan fingerprint density at radius 1 is 1.14 bits per heavy atom. The number of pyridine rings is 1. The smallest absolute Gasteiger partial charge is 0.408 e. The van der Waals surface area contributed by atoms with Crippen molar-refractivity contribution in [1.82, 2.24) is 20.0 Å². The van der Waals surface area contributed by atoms with Gasteiger partial charge in [-0.05, 0) is 60.1 Å². The summed E-state index contributed by atoms with van der Waals surface area (Å²) in [4.78, 5) is 29.6. The summed E-state index contributed by atoms with van der Waals surface area (Å²) in [5.74, 6) is -1.71. The Kier molecular flexibility index (Phi) is 8.32. The number of imidazole rings is 1. The highest BCUT2D eigenvalue weighted by molar-refractivity contribution is 6.30. The molecule has 2 aromatic heterocycles. The Balaban J connectivity index is 1.73. The normalized spacial score (nSPS) is 11.9. The molecule has 11 heteroatoms. The first-order valence-corrected chi connectivity index (χ1v) is 12.1. The number of nitrogens with one attached hydrogen (secondary N) is 2. The molecule has 0 atom stereocenters. The highest BCUT2D eigenvalue weighted by Crippen LogP contribution is 2.28. The monoisotopic (exact) mass is 536 g/mol. The molecule has 3 aromatic rings. The minimum absolute atomic E-state index is 0.167. The van der Waals surface area contributed by atoms with Gasteiger partial charge in [-0.1, -0.05) is 17.7 Å². The van der Waals surface area contributed by atoms with Crippen molar-refractivity contribution >= 4 is 29.2 Å². The van der Waals surface area contributed by atoms with Crippen molar-refractivity contribution in [2.75, 3.05) is 6.54 Å². The molecule has 0 fully saturated rings. The molecule has 2 N–H and O–H groups in total. The van der Waals surface area contributed by atoms with Crippen molar-refractivity contribution in [3.8, 4) is 5.75 Å². The number of hydrogen-bond donors (Lipinski definition) is 2. The summed E-state index contributed by atoms with van der Waals surface area (Å²) in [7, 11) is 0. The van der Waals surface area contributed by atoms with Gasteiger partial charge in [-0.3, -0.25) is 9.20 Å². The lowest BCUT2D eigenvalue weighted by Crippen LogP contribution is -2.47. The molecule has 2 heterocycles. The quantitative estimate of drug-likeness (QED) is 0.392. The molecule has 0 radical (unpaired) electrons. The van der Waals surface area contributed by atoms with Crippen LogP contribution < -0.4 is 15.4 Å². The molecule has 0 aliphatic carbocycles. The molecule has 1 aromatic carbocycles. The zero-order valence-electron chi connectivity index (χ0n) is 21.7. The van der Waals surface area contributed by atoms with Crippen LogP contribution >= 0.6 is 11.6 Å². The number of aryl methyl sites for hydroxylation is 1. The molecule has 0 saturated heterocycles. The van der Waals surface area contributed by atoms with E-state index >= 15 is 0 Å². The van der Waals surface area contributed by atoms with Crippen molar-refractivity contribution < 1.29 is 27.8 Å². The van der Waals surface area contributed by atoms with Crippen LogP contribution in [0.5, 0.6) is 5.75 Å². The van der Waals surface area contributed by atoms with Crippen LogP contribution in [0.25, 0.3) is 5.65 Å². The van der Waals surface area contributed by atoms with E-state index < -0.39 is 34.8 Å². The number of aromatic nitrogens is 2. The lowest BCUT2D eigenvalue weighted by molar-refractivity contribution is 0.0468. The fourth-order valence-corrected chi connectivity index (χ4v) is 3.81. The Bertz CT molecular complexity index is 1300. The van der Waals surface area contributed by atoms with E-state index in [1.165, 1.54) is 22.7 Å². The molecule has 0 spiro atoms. The second-order valence-electron chi connectivity index (χ2n) is 10.3. The number of carbonyl (C=O) groups is 2. The van der Waals surface area contributed by atoms with Crippen LogP contribution in [0.4, 0.5) is 13.6 Å². The van der Waals surface area contributed by atoms with Crippen molar-refractivity contribution in [3.05, 3.63) is 64.1 Å². The largest absolute Gasteiger partial charge is 0.485 e. The van der Waals surface area contributed by atoms with Gasteiger partial charge in [-0.2, -0.15) is 0 Å². The van der Waals surface area contributed by atoms with Gasteiger partial charge >= 0.3 is 6.09 Å². The Morgan fingerprint density at radius 2 is 1.78 bits per heavy atom. The maximum Gasteiger partial charge on any atom is 0.408 e. The Hall–Kier alpha value is -3.40. The summed E-state index contributed by atoms with van der Waals surface area (Å²) >= 11 is 6.25. The lowest BCUT2D eigenvalue weighted by atomic mass is 10.0. The van der Waals surface area contributed by atoms with Crippen LogP contribution in [0.1, 0.15) is 62.8 Å². The average molecular weight is 537 g/mol.